The molecule has 1 heterocycles. The number of nitrogens with zero attached hydrogens (tertiary/aromatic N) is 1. The van der Waals surface area contributed by atoms with Crippen LogP contribution >= 0.6 is 11.3 Å². The van der Waals surface area contributed by atoms with Crippen molar-refractivity contribution in [2.75, 3.05) is 14.2 Å². The van der Waals surface area contributed by atoms with Gasteiger partial charge in [0.15, 0.2) is 0 Å². The zero-order valence-electron chi connectivity index (χ0n) is 6.98. The fraction of sp³-hybridized carbons (Fsp3) is 0.571. The standard InChI is InChI=1S/C7H11NO3S/c1-10-7(11-2)5-4-12-6(3-9)8-5/h4,7,9H,3H2,1-2H3. The Bertz CT molecular complexity index is 234. The molecule has 0 amide bonds. The van der Waals surface area contributed by atoms with E-state index in [4.69, 9.17) is 14.6 Å². The Labute approximate surface area is 74.8 Å². The smallest absolute Gasteiger partial charge is 0.201 e. The molecule has 12 heavy (non-hydrogen) atoms. The highest BCUT2D eigenvalue weighted by atomic mass is 32.1. The summed E-state index contributed by atoms with van der Waals surface area (Å²) in [5.41, 5.74) is 0.703. The van der Waals surface area contributed by atoms with Gasteiger partial charge in [-0.3, -0.25) is 0 Å². The van der Waals surface area contributed by atoms with Crippen molar-refractivity contribution in [1.82, 2.24) is 4.98 Å². The summed E-state index contributed by atoms with van der Waals surface area (Å²) in [6, 6.07) is 0. The molecule has 1 rings (SSSR count). The van der Waals surface area contributed by atoms with E-state index < -0.39 is 6.29 Å². The maximum atomic E-state index is 8.74. The highest BCUT2D eigenvalue weighted by Gasteiger charge is 2.12. The Hall–Kier alpha value is -0.490. The molecule has 1 N–H and O–H groups in total. The van der Waals surface area contributed by atoms with Gasteiger partial charge in [-0.25, -0.2) is 4.98 Å². The van der Waals surface area contributed by atoms with Crippen LogP contribution in [0.4, 0.5) is 0 Å². The lowest BCUT2D eigenvalue weighted by atomic mass is 10.5. The first-order valence-corrected chi connectivity index (χ1v) is 4.30. The van der Waals surface area contributed by atoms with Crippen molar-refractivity contribution in [2.45, 2.75) is 12.9 Å². The van der Waals surface area contributed by atoms with Crippen LogP contribution in [0.3, 0.4) is 0 Å². The van der Waals surface area contributed by atoms with Gasteiger partial charge in [0.25, 0.3) is 0 Å². The first-order valence-electron chi connectivity index (χ1n) is 3.42. The van der Waals surface area contributed by atoms with Crippen molar-refractivity contribution >= 4 is 11.3 Å². The summed E-state index contributed by atoms with van der Waals surface area (Å²) in [6.45, 7) is -0.0369. The fourth-order valence-corrected chi connectivity index (χ4v) is 1.50. The topological polar surface area (TPSA) is 51.6 Å². The number of methoxy groups -OCH3 is 2. The minimum Gasteiger partial charge on any atom is -0.389 e. The van der Waals surface area contributed by atoms with Gasteiger partial charge >= 0.3 is 0 Å². The maximum Gasteiger partial charge on any atom is 0.201 e. The Balaban J connectivity index is 2.72. The number of hydrogen-bond donors (Lipinski definition) is 1. The van der Waals surface area contributed by atoms with E-state index in [2.05, 4.69) is 4.98 Å². The molecule has 5 heteroatoms. The van der Waals surface area contributed by atoms with Gasteiger partial charge in [0.1, 0.15) is 10.7 Å². The van der Waals surface area contributed by atoms with Gasteiger partial charge in [-0.2, -0.15) is 0 Å². The van der Waals surface area contributed by atoms with Gasteiger partial charge in [0.05, 0.1) is 6.61 Å². The van der Waals surface area contributed by atoms with E-state index >= 15 is 0 Å². The molecule has 0 atom stereocenters. The van der Waals surface area contributed by atoms with Crippen molar-refractivity contribution < 1.29 is 14.6 Å². The van der Waals surface area contributed by atoms with Crippen LogP contribution < -0.4 is 0 Å². The molecule has 0 saturated carbocycles. The predicted octanol–water partition coefficient (Wildman–Crippen LogP) is 0.927. The number of ether oxygens (including phenoxy) is 2. The fourth-order valence-electron chi connectivity index (χ4n) is 0.844. The minimum absolute atomic E-state index is 0.0369. The minimum atomic E-state index is -0.429. The molecule has 0 aliphatic heterocycles. The summed E-state index contributed by atoms with van der Waals surface area (Å²) >= 11 is 1.39. The quantitative estimate of drug-likeness (QED) is 0.716. The van der Waals surface area contributed by atoms with Crippen LogP contribution in [0.2, 0.25) is 0 Å². The average Bonchev–Trinajstić information content (AvgIpc) is 2.55. The summed E-state index contributed by atoms with van der Waals surface area (Å²) in [4.78, 5) is 4.09. The maximum absolute atomic E-state index is 8.74. The van der Waals surface area contributed by atoms with E-state index in [-0.39, 0.29) is 6.61 Å². The van der Waals surface area contributed by atoms with E-state index in [1.807, 2.05) is 5.38 Å². The van der Waals surface area contributed by atoms with Crippen molar-refractivity contribution in [1.29, 1.82) is 0 Å². The van der Waals surface area contributed by atoms with Crippen LogP contribution in [0.1, 0.15) is 17.0 Å². The monoisotopic (exact) mass is 189 g/mol. The second-order valence-electron chi connectivity index (χ2n) is 2.13. The van der Waals surface area contributed by atoms with Gasteiger partial charge in [-0.1, -0.05) is 0 Å². The molecule has 0 radical (unpaired) electrons. The SMILES string of the molecule is COC(OC)c1csc(CO)n1. The number of hydrogen-bond acceptors (Lipinski definition) is 5. The Morgan fingerprint density at radius 1 is 1.58 bits per heavy atom. The molecule has 0 aliphatic rings. The molecule has 0 fully saturated rings. The molecule has 0 aromatic carbocycles. The van der Waals surface area contributed by atoms with Gasteiger partial charge < -0.3 is 14.6 Å². The summed E-state index contributed by atoms with van der Waals surface area (Å²) in [5.74, 6) is 0. The molecule has 0 spiro atoms. The van der Waals surface area contributed by atoms with Crippen molar-refractivity contribution in [3.8, 4) is 0 Å². The van der Waals surface area contributed by atoms with Crippen molar-refractivity contribution in [3.05, 3.63) is 16.1 Å². The predicted molar refractivity (Wildman–Crippen MR) is 44.8 cm³/mol. The van der Waals surface area contributed by atoms with Crippen LogP contribution in [0, 0.1) is 0 Å². The molecule has 1 aromatic heterocycles. The van der Waals surface area contributed by atoms with Gasteiger partial charge in [0, 0.05) is 19.6 Å². The van der Waals surface area contributed by atoms with E-state index in [1.165, 1.54) is 11.3 Å². The van der Waals surface area contributed by atoms with Crippen LogP contribution in [0.5, 0.6) is 0 Å². The largest absolute Gasteiger partial charge is 0.389 e. The Morgan fingerprint density at radius 3 is 2.67 bits per heavy atom. The Kier molecular flexibility index (Phi) is 3.61. The molecule has 0 bridgehead atoms. The van der Waals surface area contributed by atoms with Crippen molar-refractivity contribution in [2.24, 2.45) is 0 Å². The second kappa shape index (κ2) is 4.51. The lowest BCUT2D eigenvalue weighted by Crippen LogP contribution is -2.03. The lowest BCUT2D eigenvalue weighted by molar-refractivity contribution is -0.108. The number of aliphatic hydroxyl groups is 1. The molecule has 0 aliphatic carbocycles. The van der Waals surface area contributed by atoms with Gasteiger partial charge in [-0.05, 0) is 0 Å². The van der Waals surface area contributed by atoms with E-state index in [1.54, 1.807) is 14.2 Å². The normalized spacial score (nSPS) is 11.0. The van der Waals surface area contributed by atoms with Gasteiger partial charge in [0.2, 0.25) is 6.29 Å². The molecule has 1 aromatic rings. The number of aliphatic hydroxyl groups excluding tert-OH is 1. The summed E-state index contributed by atoms with van der Waals surface area (Å²) in [6.07, 6.45) is -0.429. The first-order chi connectivity index (χ1) is 5.81. The van der Waals surface area contributed by atoms with Crippen molar-refractivity contribution in [3.63, 3.8) is 0 Å². The second-order valence-corrected chi connectivity index (χ2v) is 3.07. The third-order valence-electron chi connectivity index (χ3n) is 1.37. The molecular weight excluding hydrogens is 178 g/mol. The van der Waals surface area contributed by atoms with Crippen LogP contribution in [0.25, 0.3) is 0 Å². The van der Waals surface area contributed by atoms with E-state index in [9.17, 15) is 0 Å². The van der Waals surface area contributed by atoms with Crippen LogP contribution in [0.15, 0.2) is 5.38 Å². The highest BCUT2D eigenvalue weighted by Crippen LogP contribution is 2.19. The molecule has 68 valence electrons. The van der Waals surface area contributed by atoms with Gasteiger partial charge in [-0.15, -0.1) is 11.3 Å². The molecule has 4 nitrogen and oxygen atoms in total. The third-order valence-corrected chi connectivity index (χ3v) is 2.23. The summed E-state index contributed by atoms with van der Waals surface area (Å²) < 4.78 is 9.97. The van der Waals surface area contributed by atoms with Crippen LogP contribution in [-0.4, -0.2) is 24.3 Å². The molecule has 0 saturated heterocycles. The first kappa shape index (κ1) is 9.60. The molecular formula is C7H11NO3S. The molecule has 0 unspecified atom stereocenters. The Morgan fingerprint density at radius 2 is 2.25 bits per heavy atom. The third kappa shape index (κ3) is 2.01. The zero-order valence-corrected chi connectivity index (χ0v) is 7.80. The average molecular weight is 189 g/mol. The summed E-state index contributed by atoms with van der Waals surface area (Å²) in [5, 5.41) is 11.2. The zero-order chi connectivity index (χ0) is 8.97. The lowest BCUT2D eigenvalue weighted by Gasteiger charge is -2.09. The number of thiazole rings is 1. The summed E-state index contributed by atoms with van der Waals surface area (Å²) in [7, 11) is 3.10. The number of rotatable bonds is 4. The number of aromatic nitrogens is 1. The van der Waals surface area contributed by atoms with Crippen LogP contribution in [-0.2, 0) is 16.1 Å². The van der Waals surface area contributed by atoms with E-state index in [0.29, 0.717) is 10.7 Å². The highest BCUT2D eigenvalue weighted by molar-refractivity contribution is 7.09. The van der Waals surface area contributed by atoms with E-state index in [0.717, 1.165) is 0 Å².